The first-order valence-corrected chi connectivity index (χ1v) is 11.8. The number of nitrogens with two attached hydrogens (primary N) is 1. The van der Waals surface area contributed by atoms with Crippen LogP contribution < -0.4 is 31.4 Å². The molecule has 0 fully saturated rings. The van der Waals surface area contributed by atoms with Crippen LogP contribution in [-0.2, 0) is 9.53 Å². The van der Waals surface area contributed by atoms with Gasteiger partial charge in [-0.05, 0) is 61.0 Å². The highest BCUT2D eigenvalue weighted by atomic mass is 16.5. The van der Waals surface area contributed by atoms with Crippen LogP contribution in [-0.4, -0.2) is 49.7 Å². The van der Waals surface area contributed by atoms with Gasteiger partial charge in [0.1, 0.15) is 18.5 Å². The Morgan fingerprint density at radius 2 is 1.74 bits per heavy atom. The molecule has 0 aliphatic rings. The molecule has 1 atom stereocenters. The fourth-order valence-electron chi connectivity index (χ4n) is 3.52. The number of hydrogen-bond acceptors (Lipinski definition) is 8. The molecule has 0 aliphatic carbocycles. The monoisotopic (exact) mass is 521 g/mol. The molecule has 11 nitrogen and oxygen atoms in total. The van der Waals surface area contributed by atoms with Crippen LogP contribution in [0.25, 0.3) is 0 Å². The number of nitrogens with one attached hydrogen (secondary N) is 4. The van der Waals surface area contributed by atoms with Gasteiger partial charge in [0.05, 0.1) is 24.5 Å². The Morgan fingerprint density at radius 3 is 2.39 bits per heavy atom. The van der Waals surface area contributed by atoms with Gasteiger partial charge in [0.2, 0.25) is 0 Å². The number of anilines is 2. The molecule has 3 aromatic rings. The van der Waals surface area contributed by atoms with E-state index in [2.05, 4.69) is 16.2 Å². The predicted molar refractivity (Wildman–Crippen MR) is 144 cm³/mol. The van der Waals surface area contributed by atoms with E-state index in [1.165, 1.54) is 6.07 Å². The second-order valence-electron chi connectivity index (χ2n) is 8.01. The Morgan fingerprint density at radius 1 is 1.00 bits per heavy atom. The number of rotatable bonds is 14. The summed E-state index contributed by atoms with van der Waals surface area (Å²) in [7, 11) is 1.58. The highest BCUT2D eigenvalue weighted by Gasteiger charge is 2.23. The highest BCUT2D eigenvalue weighted by Crippen LogP contribution is 2.32. The van der Waals surface area contributed by atoms with Crippen molar-refractivity contribution < 1.29 is 28.9 Å². The van der Waals surface area contributed by atoms with Crippen molar-refractivity contribution in [1.82, 2.24) is 5.43 Å². The summed E-state index contributed by atoms with van der Waals surface area (Å²) in [6.07, 6.45) is 0. The molecule has 0 saturated heterocycles. The van der Waals surface area contributed by atoms with Gasteiger partial charge >= 0.3 is 5.97 Å². The minimum atomic E-state index is -1.13. The molecule has 0 heterocycles. The van der Waals surface area contributed by atoms with E-state index in [4.69, 9.17) is 25.4 Å². The summed E-state index contributed by atoms with van der Waals surface area (Å²) in [5, 5.41) is 20.2. The number of benzene rings is 3. The van der Waals surface area contributed by atoms with Gasteiger partial charge in [0, 0.05) is 18.4 Å². The molecule has 0 radical (unpaired) electrons. The highest BCUT2D eigenvalue weighted by molar-refractivity contribution is 5.96. The Kier molecular flexibility index (Phi) is 9.89. The lowest BCUT2D eigenvalue weighted by atomic mass is 10.0. The number of carbonyl (C=O) groups excluding carboxylic acids is 1. The number of hydrogen-bond donors (Lipinski definition) is 6. The van der Waals surface area contributed by atoms with E-state index in [0.29, 0.717) is 48.1 Å². The quantitative estimate of drug-likeness (QED) is 0.0806. The molecule has 0 aliphatic heterocycles. The third kappa shape index (κ3) is 7.37. The van der Waals surface area contributed by atoms with E-state index in [9.17, 15) is 14.7 Å². The second kappa shape index (κ2) is 13.5. The van der Waals surface area contributed by atoms with Crippen LogP contribution in [0.5, 0.6) is 11.5 Å². The Labute approximate surface area is 220 Å². The molecular weight excluding hydrogens is 490 g/mol. The van der Waals surface area contributed by atoms with Crippen molar-refractivity contribution in [2.45, 2.75) is 13.0 Å². The van der Waals surface area contributed by atoms with E-state index in [1.807, 2.05) is 6.92 Å². The number of amidine groups is 1. The van der Waals surface area contributed by atoms with Gasteiger partial charge in [-0.1, -0.05) is 18.2 Å². The van der Waals surface area contributed by atoms with Gasteiger partial charge in [-0.2, -0.15) is 0 Å². The van der Waals surface area contributed by atoms with Crippen LogP contribution in [0.2, 0.25) is 0 Å². The van der Waals surface area contributed by atoms with E-state index in [0.717, 1.165) is 0 Å². The Balaban J connectivity index is 1.91. The number of hydrazine groups is 1. The first-order valence-electron chi connectivity index (χ1n) is 11.8. The van der Waals surface area contributed by atoms with Crippen molar-refractivity contribution in [3.8, 4) is 11.5 Å². The molecular formula is C27H31N5O6. The van der Waals surface area contributed by atoms with Gasteiger partial charge in [-0.25, -0.2) is 4.79 Å². The molecule has 3 rings (SSSR count). The molecule has 0 saturated carbocycles. The molecule has 0 aromatic heterocycles. The number of aromatic carboxylic acids is 1. The van der Waals surface area contributed by atoms with Crippen LogP contribution in [0.15, 0.2) is 66.7 Å². The normalized spacial score (nSPS) is 11.2. The number of carboxylic acids is 1. The number of methoxy groups -OCH3 is 1. The molecule has 7 N–H and O–H groups in total. The van der Waals surface area contributed by atoms with Crippen LogP contribution in [0.3, 0.4) is 0 Å². The Hall–Kier alpha value is -4.77. The van der Waals surface area contributed by atoms with Crippen molar-refractivity contribution in [3.05, 3.63) is 83.4 Å². The van der Waals surface area contributed by atoms with E-state index in [1.54, 1.807) is 67.8 Å². The van der Waals surface area contributed by atoms with Crippen LogP contribution in [0.4, 0.5) is 11.4 Å². The Bertz CT molecular complexity index is 1270. The summed E-state index contributed by atoms with van der Waals surface area (Å²) in [5.74, 6) is -0.732. The molecule has 1 unspecified atom stereocenters. The zero-order valence-corrected chi connectivity index (χ0v) is 21.1. The van der Waals surface area contributed by atoms with Crippen LogP contribution in [0.1, 0.15) is 34.5 Å². The summed E-state index contributed by atoms with van der Waals surface area (Å²) >= 11 is 0. The summed E-state index contributed by atoms with van der Waals surface area (Å²) in [6.45, 7) is 2.95. The fraction of sp³-hybridized carbons (Fsp3) is 0.222. The minimum Gasteiger partial charge on any atom is -0.490 e. The first kappa shape index (κ1) is 27.8. The third-order valence-corrected chi connectivity index (χ3v) is 5.39. The number of carboxylic acid groups (broad SMARTS) is 1. The molecule has 38 heavy (non-hydrogen) atoms. The van der Waals surface area contributed by atoms with Crippen molar-refractivity contribution in [2.75, 3.05) is 37.7 Å². The molecule has 200 valence electrons. The molecule has 0 spiro atoms. The smallest absolute Gasteiger partial charge is 0.337 e. The number of ether oxygens (including phenoxy) is 3. The van der Waals surface area contributed by atoms with Gasteiger partial charge in [0.15, 0.2) is 11.5 Å². The van der Waals surface area contributed by atoms with E-state index >= 15 is 0 Å². The minimum absolute atomic E-state index is 0.00771. The van der Waals surface area contributed by atoms with E-state index in [-0.39, 0.29) is 17.1 Å². The average molecular weight is 522 g/mol. The number of para-hydroxylation sites is 1. The molecule has 0 bridgehead atoms. The first-order chi connectivity index (χ1) is 18.3. The van der Waals surface area contributed by atoms with Crippen molar-refractivity contribution in [2.24, 2.45) is 5.73 Å². The number of carbonyl (C=O) groups is 2. The fourth-order valence-corrected chi connectivity index (χ4v) is 3.52. The summed E-state index contributed by atoms with van der Waals surface area (Å²) in [6, 6.07) is 17.2. The average Bonchev–Trinajstić information content (AvgIpc) is 2.91. The SMILES string of the molecule is CCOc1cc(C(Nc2ccc(C(=N)N)cc2)C(=O)NNc2ccccc2C(=O)O)ccc1OCCOC. The van der Waals surface area contributed by atoms with Gasteiger partial charge < -0.3 is 30.4 Å². The lowest BCUT2D eigenvalue weighted by Crippen LogP contribution is -2.37. The zero-order chi connectivity index (χ0) is 27.5. The van der Waals surface area contributed by atoms with Gasteiger partial charge in [0.25, 0.3) is 5.91 Å². The lowest BCUT2D eigenvalue weighted by molar-refractivity contribution is -0.121. The maximum Gasteiger partial charge on any atom is 0.337 e. The van der Waals surface area contributed by atoms with Crippen molar-refractivity contribution in [1.29, 1.82) is 5.41 Å². The molecule has 1 amide bonds. The second-order valence-corrected chi connectivity index (χ2v) is 8.01. The maximum atomic E-state index is 13.4. The topological polar surface area (TPSA) is 168 Å². The lowest BCUT2D eigenvalue weighted by Gasteiger charge is -2.22. The van der Waals surface area contributed by atoms with E-state index < -0.39 is 17.9 Å². The summed E-state index contributed by atoms with van der Waals surface area (Å²) in [5.41, 5.74) is 12.8. The largest absolute Gasteiger partial charge is 0.490 e. The van der Waals surface area contributed by atoms with Crippen LogP contribution in [0, 0.1) is 5.41 Å². The summed E-state index contributed by atoms with van der Waals surface area (Å²) in [4.78, 5) is 25.0. The zero-order valence-electron chi connectivity index (χ0n) is 21.1. The van der Waals surface area contributed by atoms with Crippen molar-refractivity contribution >= 4 is 29.1 Å². The van der Waals surface area contributed by atoms with Gasteiger partial charge in [-0.3, -0.25) is 21.1 Å². The standard InChI is InChI=1S/C27H31N5O6/c1-3-37-23-16-18(10-13-22(23)38-15-14-36-2)24(30-19-11-8-17(9-12-19)25(28)29)26(33)32-31-21-7-5-4-6-20(21)27(34)35/h4-13,16,24,30-31H,3,14-15H2,1-2H3,(H3,28,29)(H,32,33)(H,34,35). The summed E-state index contributed by atoms with van der Waals surface area (Å²) < 4.78 is 16.5. The molecule has 3 aromatic carbocycles. The number of nitrogen functional groups attached to an aromatic ring is 1. The van der Waals surface area contributed by atoms with Crippen LogP contribution >= 0.6 is 0 Å². The van der Waals surface area contributed by atoms with Crippen molar-refractivity contribution in [3.63, 3.8) is 0 Å². The third-order valence-electron chi connectivity index (χ3n) is 5.39. The maximum absolute atomic E-state index is 13.4. The number of amides is 1. The molecule has 11 heteroatoms. The van der Waals surface area contributed by atoms with Gasteiger partial charge in [-0.15, -0.1) is 0 Å². The predicted octanol–water partition coefficient (Wildman–Crippen LogP) is 3.39.